The van der Waals surface area contributed by atoms with Gasteiger partial charge in [-0.3, -0.25) is 9.69 Å². The highest BCUT2D eigenvalue weighted by atomic mass is 32.2. The van der Waals surface area contributed by atoms with Crippen molar-refractivity contribution in [2.24, 2.45) is 0 Å². The number of benzene rings is 1. The Morgan fingerprint density at radius 1 is 1.41 bits per heavy atom. The van der Waals surface area contributed by atoms with Crippen molar-refractivity contribution < 1.29 is 4.79 Å². The third-order valence-electron chi connectivity index (χ3n) is 3.07. The van der Waals surface area contributed by atoms with Gasteiger partial charge in [-0.15, -0.1) is 0 Å². The minimum absolute atomic E-state index is 0.240. The molecular weight excluding hydrogens is 230 g/mol. The van der Waals surface area contributed by atoms with E-state index in [2.05, 4.69) is 11.8 Å². The molecule has 1 atom stereocenters. The standard InChI is InChI=1S/C14H19NOS/c1-11-3-5-13(6-4-11)14(16)10-15-7-8-17-12(2)9-15/h3-6,12H,7-10H2,1-2H3. The van der Waals surface area contributed by atoms with Crippen molar-refractivity contribution in [3.05, 3.63) is 35.4 Å². The lowest BCUT2D eigenvalue weighted by molar-refractivity contribution is 0.0934. The van der Waals surface area contributed by atoms with Gasteiger partial charge in [0.05, 0.1) is 6.54 Å². The van der Waals surface area contributed by atoms with Gasteiger partial charge in [0.15, 0.2) is 5.78 Å². The molecule has 1 aliphatic heterocycles. The number of hydrogen-bond acceptors (Lipinski definition) is 3. The molecule has 0 aromatic heterocycles. The molecule has 3 heteroatoms. The molecule has 17 heavy (non-hydrogen) atoms. The molecule has 0 radical (unpaired) electrons. The number of thioether (sulfide) groups is 1. The SMILES string of the molecule is Cc1ccc(C(=O)CN2CCSC(C)C2)cc1. The van der Waals surface area contributed by atoms with E-state index in [-0.39, 0.29) is 5.78 Å². The molecule has 2 rings (SSSR count). The van der Waals surface area contributed by atoms with Crippen molar-refractivity contribution in [3.8, 4) is 0 Å². The van der Waals surface area contributed by atoms with E-state index in [0.29, 0.717) is 11.8 Å². The summed E-state index contributed by atoms with van der Waals surface area (Å²) < 4.78 is 0. The van der Waals surface area contributed by atoms with Gasteiger partial charge in [-0.1, -0.05) is 36.8 Å². The van der Waals surface area contributed by atoms with E-state index in [1.807, 2.05) is 43.0 Å². The third-order valence-corrected chi connectivity index (χ3v) is 4.20. The molecule has 1 aromatic rings. The fraction of sp³-hybridized carbons (Fsp3) is 0.500. The summed E-state index contributed by atoms with van der Waals surface area (Å²) in [5.41, 5.74) is 2.03. The van der Waals surface area contributed by atoms with Crippen LogP contribution in [0.1, 0.15) is 22.8 Å². The van der Waals surface area contributed by atoms with Crippen LogP contribution in [0.15, 0.2) is 24.3 Å². The largest absolute Gasteiger partial charge is 0.294 e. The van der Waals surface area contributed by atoms with Crippen LogP contribution >= 0.6 is 11.8 Å². The number of carbonyl (C=O) groups excluding carboxylic acids is 1. The number of hydrogen-bond donors (Lipinski definition) is 0. The Labute approximate surface area is 107 Å². The Morgan fingerprint density at radius 2 is 2.12 bits per heavy atom. The Kier molecular flexibility index (Phi) is 4.24. The van der Waals surface area contributed by atoms with Crippen molar-refractivity contribution in [3.63, 3.8) is 0 Å². The van der Waals surface area contributed by atoms with Crippen LogP contribution in [-0.2, 0) is 0 Å². The molecule has 1 heterocycles. The minimum atomic E-state index is 0.240. The van der Waals surface area contributed by atoms with Crippen molar-refractivity contribution in [2.75, 3.05) is 25.4 Å². The van der Waals surface area contributed by atoms with Gasteiger partial charge in [0.25, 0.3) is 0 Å². The van der Waals surface area contributed by atoms with E-state index in [9.17, 15) is 4.79 Å². The highest BCUT2D eigenvalue weighted by molar-refractivity contribution is 7.99. The van der Waals surface area contributed by atoms with Gasteiger partial charge in [-0.05, 0) is 6.92 Å². The predicted molar refractivity (Wildman–Crippen MR) is 73.9 cm³/mol. The Bertz CT molecular complexity index is 388. The Morgan fingerprint density at radius 3 is 2.76 bits per heavy atom. The van der Waals surface area contributed by atoms with Crippen LogP contribution in [0.5, 0.6) is 0 Å². The number of rotatable bonds is 3. The molecule has 1 unspecified atom stereocenters. The number of ketones is 1. The molecule has 0 spiro atoms. The molecule has 92 valence electrons. The molecule has 0 bridgehead atoms. The molecule has 1 aliphatic rings. The molecule has 2 nitrogen and oxygen atoms in total. The van der Waals surface area contributed by atoms with Gasteiger partial charge in [-0.2, -0.15) is 11.8 Å². The zero-order valence-corrected chi connectivity index (χ0v) is 11.3. The fourth-order valence-electron chi connectivity index (χ4n) is 2.07. The van der Waals surface area contributed by atoms with Crippen LogP contribution < -0.4 is 0 Å². The molecule has 1 fully saturated rings. The quantitative estimate of drug-likeness (QED) is 0.768. The van der Waals surface area contributed by atoms with Gasteiger partial charge in [0, 0.05) is 29.7 Å². The molecule has 0 aliphatic carbocycles. The second-order valence-corrected chi connectivity index (χ2v) is 6.25. The Balaban J connectivity index is 1.94. The molecule has 1 aromatic carbocycles. The topological polar surface area (TPSA) is 20.3 Å². The van der Waals surface area contributed by atoms with Crippen LogP contribution in [0, 0.1) is 6.92 Å². The Hall–Kier alpha value is -0.800. The lowest BCUT2D eigenvalue weighted by Crippen LogP contribution is -2.39. The van der Waals surface area contributed by atoms with Gasteiger partial charge in [0.1, 0.15) is 0 Å². The lowest BCUT2D eigenvalue weighted by Gasteiger charge is -2.29. The summed E-state index contributed by atoms with van der Waals surface area (Å²) in [5, 5.41) is 0.648. The molecule has 1 saturated heterocycles. The van der Waals surface area contributed by atoms with E-state index in [1.54, 1.807) is 0 Å². The van der Waals surface area contributed by atoms with Crippen LogP contribution in [0.2, 0.25) is 0 Å². The first-order chi connectivity index (χ1) is 8.15. The maximum Gasteiger partial charge on any atom is 0.176 e. The molecule has 0 saturated carbocycles. The van der Waals surface area contributed by atoms with Gasteiger partial charge >= 0.3 is 0 Å². The second-order valence-electron chi connectivity index (χ2n) is 4.71. The van der Waals surface area contributed by atoms with Crippen LogP contribution in [0.4, 0.5) is 0 Å². The average Bonchev–Trinajstić information content (AvgIpc) is 2.29. The predicted octanol–water partition coefficient (Wildman–Crippen LogP) is 2.62. The van der Waals surface area contributed by atoms with Crippen molar-refractivity contribution in [2.45, 2.75) is 19.1 Å². The summed E-state index contributed by atoms with van der Waals surface area (Å²) in [5.74, 6) is 1.38. The summed E-state index contributed by atoms with van der Waals surface area (Å²) in [6, 6.07) is 7.86. The first-order valence-corrected chi connectivity index (χ1v) is 7.14. The number of Topliss-reactive ketones (excluding diaryl/α,β-unsaturated/α-hetero) is 1. The maximum absolute atomic E-state index is 12.1. The smallest absolute Gasteiger partial charge is 0.176 e. The normalized spacial score (nSPS) is 21.4. The second kappa shape index (κ2) is 5.69. The van der Waals surface area contributed by atoms with E-state index >= 15 is 0 Å². The third kappa shape index (κ3) is 3.58. The number of carbonyl (C=O) groups is 1. The fourth-order valence-corrected chi connectivity index (χ4v) is 3.15. The molecule has 0 amide bonds. The zero-order chi connectivity index (χ0) is 12.3. The van der Waals surface area contributed by atoms with E-state index in [0.717, 1.165) is 24.4 Å². The minimum Gasteiger partial charge on any atom is -0.294 e. The first-order valence-electron chi connectivity index (χ1n) is 6.09. The summed E-state index contributed by atoms with van der Waals surface area (Å²) in [4.78, 5) is 14.3. The number of nitrogens with zero attached hydrogens (tertiary/aromatic N) is 1. The van der Waals surface area contributed by atoms with E-state index in [4.69, 9.17) is 0 Å². The highest BCUT2D eigenvalue weighted by Crippen LogP contribution is 2.18. The number of aryl methyl sites for hydroxylation is 1. The van der Waals surface area contributed by atoms with Crippen molar-refractivity contribution >= 4 is 17.5 Å². The van der Waals surface area contributed by atoms with Crippen LogP contribution in [-0.4, -0.2) is 41.3 Å². The lowest BCUT2D eigenvalue weighted by atomic mass is 10.1. The van der Waals surface area contributed by atoms with E-state index in [1.165, 1.54) is 5.56 Å². The monoisotopic (exact) mass is 249 g/mol. The van der Waals surface area contributed by atoms with Crippen LogP contribution in [0.3, 0.4) is 0 Å². The van der Waals surface area contributed by atoms with Gasteiger partial charge in [-0.25, -0.2) is 0 Å². The van der Waals surface area contributed by atoms with E-state index < -0.39 is 0 Å². The first kappa shape index (κ1) is 12.7. The van der Waals surface area contributed by atoms with Crippen LogP contribution in [0.25, 0.3) is 0 Å². The maximum atomic E-state index is 12.1. The zero-order valence-electron chi connectivity index (χ0n) is 10.5. The summed E-state index contributed by atoms with van der Waals surface area (Å²) in [6.07, 6.45) is 0. The average molecular weight is 249 g/mol. The summed E-state index contributed by atoms with van der Waals surface area (Å²) in [6.45, 7) is 6.90. The van der Waals surface area contributed by atoms with Crippen molar-refractivity contribution in [1.29, 1.82) is 0 Å². The van der Waals surface area contributed by atoms with Crippen molar-refractivity contribution in [1.82, 2.24) is 4.90 Å². The van der Waals surface area contributed by atoms with Gasteiger partial charge < -0.3 is 0 Å². The summed E-state index contributed by atoms with van der Waals surface area (Å²) in [7, 11) is 0. The van der Waals surface area contributed by atoms with Gasteiger partial charge in [0.2, 0.25) is 0 Å². The highest BCUT2D eigenvalue weighted by Gasteiger charge is 2.19. The molecule has 0 N–H and O–H groups in total. The molecular formula is C14H19NOS. The summed E-state index contributed by atoms with van der Waals surface area (Å²) >= 11 is 1.99.